The van der Waals surface area contributed by atoms with Gasteiger partial charge in [-0.2, -0.15) is 0 Å². The van der Waals surface area contributed by atoms with Crippen LogP contribution in [0.4, 0.5) is 0 Å². The van der Waals surface area contributed by atoms with E-state index in [2.05, 4.69) is 43.3 Å². The van der Waals surface area contributed by atoms with E-state index in [9.17, 15) is 0 Å². The van der Waals surface area contributed by atoms with Crippen molar-refractivity contribution in [2.45, 2.75) is 50.5 Å². The van der Waals surface area contributed by atoms with Crippen LogP contribution in [-0.2, 0) is 10.3 Å². The molecule has 0 radical (unpaired) electrons. The van der Waals surface area contributed by atoms with Crippen LogP contribution in [0.2, 0.25) is 0 Å². The Labute approximate surface area is 120 Å². The van der Waals surface area contributed by atoms with E-state index in [-0.39, 0.29) is 5.60 Å². The Hall–Kier alpha value is -1.34. The second-order valence-electron chi connectivity index (χ2n) is 6.51. The summed E-state index contributed by atoms with van der Waals surface area (Å²) in [5.74, 6) is 0.503. The van der Waals surface area contributed by atoms with Crippen LogP contribution in [0.25, 0.3) is 10.8 Å². The van der Waals surface area contributed by atoms with Gasteiger partial charge in [-0.05, 0) is 34.7 Å². The van der Waals surface area contributed by atoms with E-state index in [0.29, 0.717) is 5.92 Å². The molecular formula is C19H22O. The summed E-state index contributed by atoms with van der Waals surface area (Å²) in [6, 6.07) is 13.4. The van der Waals surface area contributed by atoms with Gasteiger partial charge < -0.3 is 4.74 Å². The molecule has 104 valence electrons. The highest BCUT2D eigenvalue weighted by molar-refractivity contribution is 5.87. The van der Waals surface area contributed by atoms with Crippen LogP contribution in [0.1, 0.15) is 56.1 Å². The second-order valence-corrected chi connectivity index (χ2v) is 6.51. The number of hydrogen-bond donors (Lipinski definition) is 0. The van der Waals surface area contributed by atoms with Gasteiger partial charge in [-0.1, -0.05) is 62.6 Å². The zero-order chi connectivity index (χ0) is 13.6. The SMILES string of the molecule is CC1COC2(CCCCC2)c2ccc3ccccc3c21. The molecule has 2 aromatic carbocycles. The van der Waals surface area contributed by atoms with Crippen molar-refractivity contribution in [2.24, 2.45) is 0 Å². The van der Waals surface area contributed by atoms with Crippen LogP contribution in [0.3, 0.4) is 0 Å². The largest absolute Gasteiger partial charge is 0.370 e. The van der Waals surface area contributed by atoms with Crippen molar-refractivity contribution in [1.82, 2.24) is 0 Å². The molecule has 1 aliphatic heterocycles. The third-order valence-electron chi connectivity index (χ3n) is 5.23. The summed E-state index contributed by atoms with van der Waals surface area (Å²) in [5, 5.41) is 2.80. The maximum atomic E-state index is 6.39. The minimum atomic E-state index is 0.0180. The van der Waals surface area contributed by atoms with E-state index >= 15 is 0 Å². The van der Waals surface area contributed by atoms with Crippen molar-refractivity contribution >= 4 is 10.8 Å². The Balaban J connectivity index is 1.97. The minimum absolute atomic E-state index is 0.0180. The topological polar surface area (TPSA) is 9.23 Å². The maximum Gasteiger partial charge on any atom is 0.0934 e. The zero-order valence-electron chi connectivity index (χ0n) is 12.2. The maximum absolute atomic E-state index is 6.39. The molecule has 1 fully saturated rings. The predicted octanol–water partition coefficient (Wildman–Crippen LogP) is 5.13. The molecule has 4 rings (SSSR count). The highest BCUT2D eigenvalue weighted by Gasteiger charge is 2.41. The van der Waals surface area contributed by atoms with E-state index in [4.69, 9.17) is 4.74 Å². The fraction of sp³-hybridized carbons (Fsp3) is 0.474. The molecule has 0 aromatic heterocycles. The third kappa shape index (κ3) is 1.73. The molecule has 0 bridgehead atoms. The number of ether oxygens (including phenoxy) is 1. The van der Waals surface area contributed by atoms with Crippen LogP contribution in [-0.4, -0.2) is 6.61 Å². The van der Waals surface area contributed by atoms with Gasteiger partial charge in [-0.15, -0.1) is 0 Å². The fourth-order valence-electron chi connectivity index (χ4n) is 4.21. The number of benzene rings is 2. The Kier molecular flexibility index (Phi) is 2.85. The summed E-state index contributed by atoms with van der Waals surface area (Å²) in [4.78, 5) is 0. The molecule has 2 aromatic rings. The Morgan fingerprint density at radius 2 is 1.80 bits per heavy atom. The first-order valence-electron chi connectivity index (χ1n) is 7.96. The lowest BCUT2D eigenvalue weighted by Crippen LogP contribution is -2.38. The first kappa shape index (κ1) is 12.4. The molecule has 1 saturated carbocycles. The molecule has 1 heterocycles. The zero-order valence-corrected chi connectivity index (χ0v) is 12.2. The quantitative estimate of drug-likeness (QED) is 0.642. The Bertz CT molecular complexity index is 637. The van der Waals surface area contributed by atoms with Crippen LogP contribution < -0.4 is 0 Å². The minimum Gasteiger partial charge on any atom is -0.370 e. The van der Waals surface area contributed by atoms with Crippen molar-refractivity contribution in [3.63, 3.8) is 0 Å². The monoisotopic (exact) mass is 266 g/mol. The molecule has 20 heavy (non-hydrogen) atoms. The fourth-order valence-corrected chi connectivity index (χ4v) is 4.21. The van der Waals surface area contributed by atoms with Crippen LogP contribution >= 0.6 is 0 Å². The van der Waals surface area contributed by atoms with Crippen molar-refractivity contribution in [3.05, 3.63) is 47.5 Å². The number of hydrogen-bond acceptors (Lipinski definition) is 1. The molecule has 0 N–H and O–H groups in total. The molecule has 1 atom stereocenters. The highest BCUT2D eigenvalue weighted by atomic mass is 16.5. The Morgan fingerprint density at radius 1 is 1.00 bits per heavy atom. The number of rotatable bonds is 0. The summed E-state index contributed by atoms with van der Waals surface area (Å²) in [5.41, 5.74) is 3.05. The van der Waals surface area contributed by atoms with Crippen LogP contribution in [0.15, 0.2) is 36.4 Å². The van der Waals surface area contributed by atoms with Crippen LogP contribution in [0, 0.1) is 0 Å². The molecule has 0 amide bonds. The average molecular weight is 266 g/mol. The molecular weight excluding hydrogens is 244 g/mol. The van der Waals surface area contributed by atoms with Crippen molar-refractivity contribution in [2.75, 3.05) is 6.61 Å². The summed E-state index contributed by atoms with van der Waals surface area (Å²) >= 11 is 0. The average Bonchev–Trinajstić information content (AvgIpc) is 2.51. The molecule has 0 saturated heterocycles. The van der Waals surface area contributed by atoms with Gasteiger partial charge in [0.1, 0.15) is 0 Å². The van der Waals surface area contributed by atoms with Crippen molar-refractivity contribution < 1.29 is 4.74 Å². The highest BCUT2D eigenvalue weighted by Crippen LogP contribution is 2.48. The molecule has 1 nitrogen and oxygen atoms in total. The van der Waals surface area contributed by atoms with E-state index in [0.717, 1.165) is 6.61 Å². The first-order valence-corrected chi connectivity index (χ1v) is 7.96. The molecule has 1 unspecified atom stereocenters. The lowest BCUT2D eigenvalue weighted by atomic mass is 9.73. The Morgan fingerprint density at radius 3 is 2.65 bits per heavy atom. The van der Waals surface area contributed by atoms with E-state index in [1.165, 1.54) is 48.4 Å². The number of fused-ring (bicyclic) bond motifs is 4. The predicted molar refractivity (Wildman–Crippen MR) is 83.1 cm³/mol. The third-order valence-corrected chi connectivity index (χ3v) is 5.23. The molecule has 2 aliphatic rings. The normalized spacial score (nSPS) is 24.8. The summed E-state index contributed by atoms with van der Waals surface area (Å²) in [6.45, 7) is 3.18. The molecule has 1 heteroatoms. The van der Waals surface area contributed by atoms with Gasteiger partial charge in [-0.3, -0.25) is 0 Å². The first-order chi connectivity index (χ1) is 9.80. The molecule has 1 spiro atoms. The van der Waals surface area contributed by atoms with E-state index in [1.807, 2.05) is 0 Å². The van der Waals surface area contributed by atoms with Gasteiger partial charge in [0.15, 0.2) is 0 Å². The van der Waals surface area contributed by atoms with E-state index in [1.54, 1.807) is 5.56 Å². The summed E-state index contributed by atoms with van der Waals surface area (Å²) < 4.78 is 6.39. The summed E-state index contributed by atoms with van der Waals surface area (Å²) in [7, 11) is 0. The van der Waals surface area contributed by atoms with Gasteiger partial charge in [-0.25, -0.2) is 0 Å². The van der Waals surface area contributed by atoms with E-state index < -0.39 is 0 Å². The van der Waals surface area contributed by atoms with Gasteiger partial charge in [0.25, 0.3) is 0 Å². The molecule has 1 aliphatic carbocycles. The van der Waals surface area contributed by atoms with Gasteiger partial charge >= 0.3 is 0 Å². The second kappa shape index (κ2) is 4.60. The van der Waals surface area contributed by atoms with Crippen molar-refractivity contribution in [1.29, 1.82) is 0 Å². The smallest absolute Gasteiger partial charge is 0.0934 e. The summed E-state index contributed by atoms with van der Waals surface area (Å²) in [6.07, 6.45) is 6.38. The van der Waals surface area contributed by atoms with Crippen molar-refractivity contribution in [3.8, 4) is 0 Å². The van der Waals surface area contributed by atoms with Gasteiger partial charge in [0.2, 0.25) is 0 Å². The standard InChI is InChI=1S/C19H22O/c1-14-13-20-19(11-5-2-6-12-19)17-10-9-15-7-3-4-8-16(15)18(14)17/h3-4,7-10,14H,2,5-6,11-13H2,1H3. The van der Waals surface area contributed by atoms with Crippen LogP contribution in [0.5, 0.6) is 0 Å². The lowest BCUT2D eigenvalue weighted by Gasteiger charge is -2.44. The van der Waals surface area contributed by atoms with Gasteiger partial charge in [0, 0.05) is 5.92 Å². The lowest BCUT2D eigenvalue weighted by molar-refractivity contribution is -0.0913. The van der Waals surface area contributed by atoms with Gasteiger partial charge in [0.05, 0.1) is 12.2 Å².